The number of rotatable bonds is 12. The number of esters is 2. The molecule has 0 bridgehead atoms. The molecule has 0 amide bonds. The third-order valence-corrected chi connectivity index (χ3v) is 8.44. The minimum atomic E-state index is -8.02. The van der Waals surface area contributed by atoms with E-state index in [-0.39, 0.29) is 12.2 Å². The second-order valence-corrected chi connectivity index (χ2v) is 11.9. The summed E-state index contributed by atoms with van der Waals surface area (Å²) in [4.78, 5) is 21.3. The Labute approximate surface area is 195 Å². The van der Waals surface area contributed by atoms with Crippen molar-refractivity contribution in [3.05, 3.63) is 25.3 Å². The molecule has 0 spiro atoms. The second kappa shape index (κ2) is 9.36. The standard InChI is InChI=1S/C16H12F16O4Si/c1-5-7(33)35-13(25,26)9(17,18)11(21,22)15(29,30)37(3,4)16(31,32)12(23,24)10(19,20)14(27,28)36-8(34)6-2/h5-6H,1-2H2,3-4H3. The molecule has 216 valence electrons. The first-order valence-electron chi connectivity index (χ1n) is 8.64. The molecule has 37 heavy (non-hydrogen) atoms. The zero-order chi connectivity index (χ0) is 30.5. The van der Waals surface area contributed by atoms with Gasteiger partial charge in [0.15, 0.2) is 0 Å². The van der Waals surface area contributed by atoms with Crippen molar-refractivity contribution in [1.29, 1.82) is 0 Å². The van der Waals surface area contributed by atoms with Crippen molar-refractivity contribution < 1.29 is 89.3 Å². The molecule has 0 saturated carbocycles. The highest BCUT2D eigenvalue weighted by Gasteiger charge is 2.93. The summed E-state index contributed by atoms with van der Waals surface area (Å²) in [6.45, 7) is 2.49. The highest BCUT2D eigenvalue weighted by molar-refractivity contribution is 6.82. The number of carbonyl (C=O) groups is 2. The maximum absolute atomic E-state index is 14.4. The van der Waals surface area contributed by atoms with Crippen LogP contribution in [0.3, 0.4) is 0 Å². The molecule has 0 aromatic carbocycles. The highest BCUT2D eigenvalue weighted by atomic mass is 28.3. The molecule has 0 aliphatic rings. The fraction of sp³-hybridized carbons (Fsp3) is 0.625. The first-order chi connectivity index (χ1) is 15.9. The average Bonchev–Trinajstić information content (AvgIpc) is 2.71. The molecule has 0 saturated heterocycles. The van der Waals surface area contributed by atoms with E-state index in [2.05, 4.69) is 22.6 Å². The van der Waals surface area contributed by atoms with E-state index < -0.39 is 80.1 Å². The van der Waals surface area contributed by atoms with Crippen LogP contribution in [0.25, 0.3) is 0 Å². The summed E-state index contributed by atoms with van der Waals surface area (Å²) >= 11 is 0. The van der Waals surface area contributed by atoms with Crippen molar-refractivity contribution in [3.63, 3.8) is 0 Å². The topological polar surface area (TPSA) is 52.6 Å². The molecule has 0 N–H and O–H groups in total. The van der Waals surface area contributed by atoms with Gasteiger partial charge in [-0.15, -0.1) is 0 Å². The lowest BCUT2D eigenvalue weighted by molar-refractivity contribution is -0.414. The van der Waals surface area contributed by atoms with E-state index in [1.165, 1.54) is 0 Å². The lowest BCUT2D eigenvalue weighted by Gasteiger charge is -2.47. The summed E-state index contributed by atoms with van der Waals surface area (Å²) in [7, 11) is -8.02. The van der Waals surface area contributed by atoms with Gasteiger partial charge in [0.2, 0.25) is 8.07 Å². The van der Waals surface area contributed by atoms with E-state index in [0.717, 1.165) is 0 Å². The van der Waals surface area contributed by atoms with Gasteiger partial charge in [-0.05, 0) is 0 Å². The van der Waals surface area contributed by atoms with Gasteiger partial charge in [0, 0.05) is 12.2 Å². The summed E-state index contributed by atoms with van der Waals surface area (Å²) in [5, 5.41) is 0. The second-order valence-electron chi connectivity index (χ2n) is 7.36. The largest absolute Gasteiger partial charge is 0.473 e. The van der Waals surface area contributed by atoms with Gasteiger partial charge in [0.1, 0.15) is 0 Å². The van der Waals surface area contributed by atoms with E-state index in [0.29, 0.717) is 0 Å². The fourth-order valence-electron chi connectivity index (χ4n) is 2.21. The van der Waals surface area contributed by atoms with Crippen LogP contribution in [0.1, 0.15) is 0 Å². The molecular formula is C16H12F16O4Si. The van der Waals surface area contributed by atoms with Gasteiger partial charge in [0.25, 0.3) is 0 Å². The number of carbonyl (C=O) groups excluding carboxylic acids is 2. The van der Waals surface area contributed by atoms with Crippen molar-refractivity contribution in [1.82, 2.24) is 0 Å². The Kier molecular flexibility index (Phi) is 8.74. The maximum atomic E-state index is 14.4. The zero-order valence-corrected chi connectivity index (χ0v) is 18.7. The molecule has 0 heterocycles. The minimum absolute atomic E-state index is 0.380. The Morgan fingerprint density at radius 2 is 0.757 bits per heavy atom. The number of halogens is 16. The molecule has 0 fully saturated rings. The lowest BCUT2D eigenvalue weighted by Crippen LogP contribution is -2.80. The van der Waals surface area contributed by atoms with Gasteiger partial charge >= 0.3 is 58.9 Å². The molecule has 4 nitrogen and oxygen atoms in total. The first kappa shape index (κ1) is 34.5. The molecule has 0 aliphatic carbocycles. The number of hydrogen-bond acceptors (Lipinski definition) is 4. The molecule has 0 radical (unpaired) electrons. The quantitative estimate of drug-likeness (QED) is 0.115. The Morgan fingerprint density at radius 3 is 0.946 bits per heavy atom. The Morgan fingerprint density at radius 1 is 0.541 bits per heavy atom. The van der Waals surface area contributed by atoms with E-state index >= 15 is 0 Å². The third-order valence-electron chi connectivity index (χ3n) is 4.67. The monoisotopic (exact) mass is 600 g/mol. The SMILES string of the molecule is C=CC(=O)OC(F)(F)C(F)(F)C(F)(F)C(F)(F)[Si](C)(C)C(F)(F)C(F)(F)C(F)(F)C(F)(F)OC(=O)C=C. The van der Waals surface area contributed by atoms with Gasteiger partial charge < -0.3 is 9.47 Å². The minimum Gasteiger partial charge on any atom is -0.393 e. The van der Waals surface area contributed by atoms with E-state index in [1.54, 1.807) is 0 Å². The normalized spacial score (nSPS) is 15.2. The predicted molar refractivity (Wildman–Crippen MR) is 89.6 cm³/mol. The zero-order valence-electron chi connectivity index (χ0n) is 17.7. The smallest absolute Gasteiger partial charge is 0.393 e. The predicted octanol–water partition coefficient (Wildman–Crippen LogP) is 6.23. The van der Waals surface area contributed by atoms with Crippen LogP contribution in [-0.4, -0.2) is 67.0 Å². The van der Waals surface area contributed by atoms with Crippen LogP contribution in [0.5, 0.6) is 0 Å². The van der Waals surface area contributed by atoms with Crippen LogP contribution < -0.4 is 0 Å². The molecule has 0 atom stereocenters. The van der Waals surface area contributed by atoms with Crippen molar-refractivity contribution in [2.24, 2.45) is 0 Å². The average molecular weight is 600 g/mol. The summed E-state index contributed by atoms with van der Waals surface area (Å²) in [5.41, 5.74) is -15.0. The number of ether oxygens (including phenoxy) is 2. The van der Waals surface area contributed by atoms with Crippen LogP contribution >= 0.6 is 0 Å². The molecule has 0 rings (SSSR count). The van der Waals surface area contributed by atoms with E-state index in [1.807, 2.05) is 0 Å². The Balaban J connectivity index is 6.97. The van der Waals surface area contributed by atoms with Gasteiger partial charge in [0.05, 0.1) is 0 Å². The van der Waals surface area contributed by atoms with Crippen LogP contribution in [-0.2, 0) is 19.1 Å². The summed E-state index contributed by atoms with van der Waals surface area (Å²) in [5.74, 6) is -36.5. The summed E-state index contributed by atoms with van der Waals surface area (Å²) in [6.07, 6.45) is -14.7. The molecule has 0 aromatic heterocycles. The van der Waals surface area contributed by atoms with Crippen molar-refractivity contribution >= 4 is 20.0 Å². The molecule has 0 aromatic rings. The molecule has 21 heteroatoms. The summed E-state index contributed by atoms with van der Waals surface area (Å²) in [6, 6.07) is 0. The number of alkyl halides is 16. The summed E-state index contributed by atoms with van der Waals surface area (Å²) < 4.78 is 227. The van der Waals surface area contributed by atoms with Crippen LogP contribution in [0.2, 0.25) is 13.1 Å². The fourth-order valence-corrected chi connectivity index (χ4v) is 4.48. The van der Waals surface area contributed by atoms with Gasteiger partial charge in [-0.2, -0.15) is 52.7 Å². The molecular weight excluding hydrogens is 588 g/mol. The number of hydrogen-bond donors (Lipinski definition) is 0. The van der Waals surface area contributed by atoms with E-state index in [9.17, 15) is 79.8 Å². The van der Waals surface area contributed by atoms with Gasteiger partial charge in [-0.1, -0.05) is 26.3 Å². The van der Waals surface area contributed by atoms with Crippen molar-refractivity contribution in [2.45, 2.75) is 60.1 Å². The lowest BCUT2D eigenvalue weighted by atomic mass is 10.1. The van der Waals surface area contributed by atoms with Gasteiger partial charge in [-0.25, -0.2) is 27.2 Å². The van der Waals surface area contributed by atoms with Crippen LogP contribution in [0, 0.1) is 0 Å². The molecule has 0 unspecified atom stereocenters. The highest BCUT2D eigenvalue weighted by Crippen LogP contribution is 2.62. The third kappa shape index (κ3) is 4.77. The Bertz CT molecular complexity index is 856. The first-order valence-corrected chi connectivity index (χ1v) is 11.6. The maximum Gasteiger partial charge on any atom is 0.473 e. The van der Waals surface area contributed by atoms with Crippen molar-refractivity contribution in [2.75, 3.05) is 0 Å². The Hall–Kier alpha value is -2.48. The molecule has 0 aliphatic heterocycles. The van der Waals surface area contributed by atoms with Crippen LogP contribution in [0.15, 0.2) is 25.3 Å². The van der Waals surface area contributed by atoms with E-state index in [4.69, 9.17) is 0 Å². The van der Waals surface area contributed by atoms with Crippen molar-refractivity contribution in [3.8, 4) is 0 Å². The van der Waals surface area contributed by atoms with Crippen LogP contribution in [0.4, 0.5) is 70.2 Å². The van der Waals surface area contributed by atoms with Gasteiger partial charge in [-0.3, -0.25) is 0 Å².